The molecule has 3 rings (SSSR count). The molecule has 180 valence electrons. The Balaban J connectivity index is 1.75. The summed E-state index contributed by atoms with van der Waals surface area (Å²) >= 11 is 0. The van der Waals surface area contributed by atoms with Gasteiger partial charge >= 0.3 is 0 Å². The topological polar surface area (TPSA) is 57.2 Å². The molecule has 3 aromatic carbocycles. The molecule has 0 aliphatic carbocycles. The van der Waals surface area contributed by atoms with Crippen LogP contribution in [0.5, 0.6) is 23.0 Å². The number of benzene rings is 3. The number of hydrogen-bond acceptors (Lipinski definition) is 5. The Bertz CT molecular complexity index is 1050. The number of nitrogens with zero attached hydrogens (tertiary/aromatic N) is 1. The molecule has 0 bridgehead atoms. The van der Waals surface area contributed by atoms with Crippen molar-refractivity contribution in [3.63, 3.8) is 0 Å². The van der Waals surface area contributed by atoms with Crippen molar-refractivity contribution in [1.82, 2.24) is 4.90 Å². The Morgan fingerprint density at radius 3 is 1.97 bits per heavy atom. The van der Waals surface area contributed by atoms with Crippen molar-refractivity contribution >= 4 is 5.91 Å². The second-order valence-electron chi connectivity index (χ2n) is 7.86. The quantitative estimate of drug-likeness (QED) is 0.381. The summed E-state index contributed by atoms with van der Waals surface area (Å²) in [6, 6.07) is 21.4. The van der Waals surface area contributed by atoms with Gasteiger partial charge < -0.3 is 23.8 Å². The SMILES string of the molecule is CCOc1ccc(CN(CCc2ccc(OC)c(OC)c2)C(=O)Cc2ccc(OC)cc2)cc1. The van der Waals surface area contributed by atoms with Crippen LogP contribution in [0.4, 0.5) is 0 Å². The molecule has 0 atom stereocenters. The van der Waals surface area contributed by atoms with E-state index in [0.29, 0.717) is 44.0 Å². The Hall–Kier alpha value is -3.67. The minimum atomic E-state index is 0.0690. The second-order valence-corrected chi connectivity index (χ2v) is 7.86. The molecule has 0 radical (unpaired) electrons. The van der Waals surface area contributed by atoms with E-state index in [0.717, 1.165) is 28.2 Å². The predicted octanol–water partition coefficient (Wildman–Crippen LogP) is 4.93. The van der Waals surface area contributed by atoms with Crippen LogP contribution in [0.15, 0.2) is 66.7 Å². The maximum atomic E-state index is 13.3. The Morgan fingerprint density at radius 2 is 1.35 bits per heavy atom. The van der Waals surface area contributed by atoms with Gasteiger partial charge in [-0.25, -0.2) is 0 Å². The van der Waals surface area contributed by atoms with E-state index in [1.807, 2.05) is 78.6 Å². The van der Waals surface area contributed by atoms with Gasteiger partial charge in [-0.05, 0) is 66.4 Å². The van der Waals surface area contributed by atoms with E-state index in [-0.39, 0.29) is 5.91 Å². The summed E-state index contributed by atoms with van der Waals surface area (Å²) in [6.07, 6.45) is 1.03. The average molecular weight is 464 g/mol. The largest absolute Gasteiger partial charge is 0.497 e. The van der Waals surface area contributed by atoms with Crippen molar-refractivity contribution in [2.24, 2.45) is 0 Å². The number of amides is 1. The summed E-state index contributed by atoms with van der Waals surface area (Å²) in [5.41, 5.74) is 3.08. The van der Waals surface area contributed by atoms with Gasteiger partial charge in [0.2, 0.25) is 5.91 Å². The van der Waals surface area contributed by atoms with Crippen LogP contribution in [0.1, 0.15) is 23.6 Å². The lowest BCUT2D eigenvalue weighted by atomic mass is 10.1. The molecule has 0 fully saturated rings. The fourth-order valence-corrected chi connectivity index (χ4v) is 3.70. The molecule has 0 aromatic heterocycles. The van der Waals surface area contributed by atoms with Crippen molar-refractivity contribution in [2.45, 2.75) is 26.3 Å². The summed E-state index contributed by atoms with van der Waals surface area (Å²) in [5.74, 6) is 3.04. The Morgan fingerprint density at radius 1 is 0.735 bits per heavy atom. The minimum absolute atomic E-state index is 0.0690. The van der Waals surface area contributed by atoms with Crippen LogP contribution in [0, 0.1) is 0 Å². The highest BCUT2D eigenvalue weighted by Gasteiger charge is 2.16. The van der Waals surface area contributed by atoms with Crippen LogP contribution < -0.4 is 18.9 Å². The standard InChI is InChI=1S/C28H33NO5/c1-5-34-25-13-8-23(9-14-25)20-29(28(30)19-21-6-11-24(31-2)12-7-21)17-16-22-10-15-26(32-3)27(18-22)33-4/h6-15,18H,5,16-17,19-20H2,1-4H3. The highest BCUT2D eigenvalue weighted by atomic mass is 16.5. The first kappa shape index (κ1) is 25.0. The lowest BCUT2D eigenvalue weighted by Gasteiger charge is -2.24. The van der Waals surface area contributed by atoms with E-state index in [9.17, 15) is 4.79 Å². The molecule has 6 nitrogen and oxygen atoms in total. The summed E-state index contributed by atoms with van der Waals surface area (Å²) in [4.78, 5) is 15.2. The van der Waals surface area contributed by atoms with Gasteiger partial charge in [0, 0.05) is 13.1 Å². The van der Waals surface area contributed by atoms with Crippen molar-refractivity contribution in [3.05, 3.63) is 83.4 Å². The molecule has 3 aromatic rings. The van der Waals surface area contributed by atoms with Crippen LogP contribution in [-0.4, -0.2) is 45.3 Å². The number of rotatable bonds is 12. The third-order valence-electron chi connectivity index (χ3n) is 5.59. The van der Waals surface area contributed by atoms with Gasteiger partial charge in [-0.3, -0.25) is 4.79 Å². The lowest BCUT2D eigenvalue weighted by Crippen LogP contribution is -2.33. The van der Waals surface area contributed by atoms with Crippen LogP contribution >= 0.6 is 0 Å². The molecule has 34 heavy (non-hydrogen) atoms. The van der Waals surface area contributed by atoms with Crippen molar-refractivity contribution in [2.75, 3.05) is 34.5 Å². The molecule has 0 unspecified atom stereocenters. The third-order valence-corrected chi connectivity index (χ3v) is 5.59. The number of carbonyl (C=O) groups is 1. The molecule has 0 spiro atoms. The third kappa shape index (κ3) is 6.91. The van der Waals surface area contributed by atoms with Gasteiger partial charge in [-0.1, -0.05) is 30.3 Å². The van der Waals surface area contributed by atoms with E-state index in [2.05, 4.69) is 0 Å². The fraction of sp³-hybridized carbons (Fsp3) is 0.321. The second kappa shape index (κ2) is 12.5. The zero-order valence-corrected chi connectivity index (χ0v) is 20.4. The molecule has 0 heterocycles. The molecular formula is C28H33NO5. The molecule has 0 saturated carbocycles. The van der Waals surface area contributed by atoms with Crippen molar-refractivity contribution < 1.29 is 23.7 Å². The van der Waals surface area contributed by atoms with Crippen molar-refractivity contribution in [3.8, 4) is 23.0 Å². The van der Waals surface area contributed by atoms with Gasteiger partial charge in [0.15, 0.2) is 11.5 Å². The van der Waals surface area contributed by atoms with Crippen LogP contribution in [-0.2, 0) is 24.2 Å². The summed E-state index contributed by atoms with van der Waals surface area (Å²) in [5, 5.41) is 0. The number of hydrogen-bond donors (Lipinski definition) is 0. The molecule has 6 heteroatoms. The van der Waals surface area contributed by atoms with Crippen LogP contribution in [0.25, 0.3) is 0 Å². The van der Waals surface area contributed by atoms with Gasteiger partial charge in [0.1, 0.15) is 11.5 Å². The van der Waals surface area contributed by atoms with Gasteiger partial charge in [0.05, 0.1) is 34.4 Å². The van der Waals surface area contributed by atoms with Crippen molar-refractivity contribution in [1.29, 1.82) is 0 Å². The highest BCUT2D eigenvalue weighted by Crippen LogP contribution is 2.28. The maximum Gasteiger partial charge on any atom is 0.227 e. The Kier molecular flexibility index (Phi) is 9.21. The fourth-order valence-electron chi connectivity index (χ4n) is 3.70. The maximum absolute atomic E-state index is 13.3. The molecule has 0 aliphatic heterocycles. The Labute approximate surface area is 202 Å². The zero-order valence-electron chi connectivity index (χ0n) is 20.4. The van der Waals surface area contributed by atoms with E-state index in [1.54, 1.807) is 21.3 Å². The smallest absolute Gasteiger partial charge is 0.227 e. The zero-order chi connectivity index (χ0) is 24.3. The first-order valence-electron chi connectivity index (χ1n) is 11.4. The minimum Gasteiger partial charge on any atom is -0.497 e. The van der Waals surface area contributed by atoms with Gasteiger partial charge in [0.25, 0.3) is 0 Å². The van der Waals surface area contributed by atoms with E-state index < -0.39 is 0 Å². The predicted molar refractivity (Wildman–Crippen MR) is 133 cm³/mol. The van der Waals surface area contributed by atoms with E-state index in [4.69, 9.17) is 18.9 Å². The first-order valence-corrected chi connectivity index (χ1v) is 11.4. The lowest BCUT2D eigenvalue weighted by molar-refractivity contribution is -0.131. The summed E-state index contributed by atoms with van der Waals surface area (Å²) < 4.78 is 21.5. The summed E-state index contributed by atoms with van der Waals surface area (Å²) in [7, 11) is 4.87. The molecular weight excluding hydrogens is 430 g/mol. The van der Waals surface area contributed by atoms with Gasteiger partial charge in [-0.2, -0.15) is 0 Å². The normalized spacial score (nSPS) is 10.5. The monoisotopic (exact) mass is 463 g/mol. The van der Waals surface area contributed by atoms with Gasteiger partial charge in [-0.15, -0.1) is 0 Å². The molecule has 0 aliphatic rings. The molecule has 1 amide bonds. The number of ether oxygens (including phenoxy) is 4. The molecule has 0 N–H and O–H groups in total. The van der Waals surface area contributed by atoms with E-state index >= 15 is 0 Å². The summed E-state index contributed by atoms with van der Waals surface area (Å²) in [6.45, 7) is 3.69. The number of methoxy groups -OCH3 is 3. The highest BCUT2D eigenvalue weighted by molar-refractivity contribution is 5.78. The first-order chi connectivity index (χ1) is 16.6. The molecule has 0 saturated heterocycles. The number of carbonyl (C=O) groups excluding carboxylic acids is 1. The van der Waals surface area contributed by atoms with Crippen LogP contribution in [0.3, 0.4) is 0 Å². The average Bonchev–Trinajstić information content (AvgIpc) is 2.87. The van der Waals surface area contributed by atoms with E-state index in [1.165, 1.54) is 0 Å². The van der Waals surface area contributed by atoms with Crippen LogP contribution in [0.2, 0.25) is 0 Å².